The van der Waals surface area contributed by atoms with Gasteiger partial charge in [-0.25, -0.2) is 4.98 Å². The molecule has 0 bridgehead atoms. The smallest absolute Gasteiger partial charge is 0.293 e. The van der Waals surface area contributed by atoms with Gasteiger partial charge in [0.1, 0.15) is 5.69 Å². The number of nitrogens with zero attached hydrogens (tertiary/aromatic N) is 2. The van der Waals surface area contributed by atoms with E-state index in [0.29, 0.717) is 22.0 Å². The van der Waals surface area contributed by atoms with Crippen molar-refractivity contribution in [2.75, 3.05) is 23.0 Å². The van der Waals surface area contributed by atoms with Gasteiger partial charge in [-0.05, 0) is 30.3 Å². The first kappa shape index (κ1) is 18.3. The molecule has 0 unspecified atom stereocenters. The van der Waals surface area contributed by atoms with Crippen LogP contribution in [0, 0.1) is 10.1 Å². The van der Waals surface area contributed by atoms with Crippen molar-refractivity contribution in [3.8, 4) is 0 Å². The molecule has 1 aromatic heterocycles. The fourth-order valence-corrected chi connectivity index (χ4v) is 3.36. The third kappa shape index (κ3) is 4.01. The Morgan fingerprint density at radius 1 is 1.15 bits per heavy atom. The summed E-state index contributed by atoms with van der Waals surface area (Å²) in [6.07, 6.45) is 0. The number of nitro benzene ring substituents is 1. The van der Waals surface area contributed by atoms with E-state index in [9.17, 15) is 19.7 Å². The van der Waals surface area contributed by atoms with E-state index in [1.165, 1.54) is 36.5 Å². The summed E-state index contributed by atoms with van der Waals surface area (Å²) >= 11 is 1.24. The molecule has 0 aliphatic carbocycles. The molecule has 0 atom stereocenters. The van der Waals surface area contributed by atoms with Crippen molar-refractivity contribution in [3.63, 3.8) is 0 Å². The highest BCUT2D eigenvalue weighted by atomic mass is 32.1. The summed E-state index contributed by atoms with van der Waals surface area (Å²) in [7, 11) is 1.57. The molecule has 27 heavy (non-hydrogen) atoms. The van der Waals surface area contributed by atoms with Crippen LogP contribution in [-0.4, -0.2) is 28.8 Å². The summed E-state index contributed by atoms with van der Waals surface area (Å²) in [5.74, 6) is -0.680. The molecule has 0 aliphatic rings. The van der Waals surface area contributed by atoms with Crippen molar-refractivity contribution in [2.45, 2.75) is 6.92 Å². The van der Waals surface area contributed by atoms with Gasteiger partial charge >= 0.3 is 0 Å². The van der Waals surface area contributed by atoms with Gasteiger partial charge in [0.2, 0.25) is 5.91 Å². The molecule has 0 saturated carbocycles. The fourth-order valence-electron chi connectivity index (χ4n) is 2.46. The van der Waals surface area contributed by atoms with E-state index in [4.69, 9.17) is 0 Å². The van der Waals surface area contributed by atoms with Crippen molar-refractivity contribution >= 4 is 55.6 Å². The quantitative estimate of drug-likeness (QED) is 0.456. The zero-order valence-electron chi connectivity index (χ0n) is 14.4. The number of nitrogens with one attached hydrogen (secondary N) is 3. The van der Waals surface area contributed by atoms with Gasteiger partial charge in [0.25, 0.3) is 11.6 Å². The third-order valence-electron chi connectivity index (χ3n) is 3.66. The molecule has 9 nitrogen and oxygen atoms in total. The molecular weight excluding hydrogens is 370 g/mol. The van der Waals surface area contributed by atoms with Crippen LogP contribution in [0.3, 0.4) is 0 Å². The molecule has 1 heterocycles. The Labute approximate surface area is 157 Å². The number of aromatic nitrogens is 1. The van der Waals surface area contributed by atoms with Crippen molar-refractivity contribution in [1.82, 2.24) is 4.98 Å². The van der Waals surface area contributed by atoms with Crippen LogP contribution in [-0.2, 0) is 4.79 Å². The molecule has 138 valence electrons. The number of carbonyl (C=O) groups excluding carboxylic acids is 2. The van der Waals surface area contributed by atoms with Crippen molar-refractivity contribution in [3.05, 3.63) is 52.1 Å². The van der Waals surface area contributed by atoms with E-state index < -0.39 is 10.8 Å². The molecule has 3 aromatic rings. The molecule has 2 aromatic carbocycles. The first-order chi connectivity index (χ1) is 12.9. The van der Waals surface area contributed by atoms with Crippen molar-refractivity contribution < 1.29 is 14.5 Å². The van der Waals surface area contributed by atoms with Crippen LogP contribution in [0.5, 0.6) is 0 Å². The van der Waals surface area contributed by atoms with Crippen LogP contribution in [0.4, 0.5) is 22.2 Å². The Hall–Kier alpha value is -3.53. The van der Waals surface area contributed by atoms with Crippen LogP contribution < -0.4 is 16.0 Å². The number of thiazole rings is 1. The average molecular weight is 385 g/mol. The highest BCUT2D eigenvalue weighted by Crippen LogP contribution is 2.30. The lowest BCUT2D eigenvalue weighted by atomic mass is 10.1. The van der Waals surface area contributed by atoms with Gasteiger partial charge < -0.3 is 10.6 Å². The molecule has 0 radical (unpaired) electrons. The molecule has 3 rings (SSSR count). The number of hydrogen-bond acceptors (Lipinski definition) is 7. The van der Waals surface area contributed by atoms with Gasteiger partial charge in [-0.3, -0.25) is 25.0 Å². The monoisotopic (exact) mass is 385 g/mol. The summed E-state index contributed by atoms with van der Waals surface area (Å²) in [5, 5.41) is 19.5. The molecule has 3 N–H and O–H groups in total. The topological polar surface area (TPSA) is 126 Å². The van der Waals surface area contributed by atoms with Crippen molar-refractivity contribution in [1.29, 1.82) is 0 Å². The maximum absolute atomic E-state index is 12.4. The first-order valence-corrected chi connectivity index (χ1v) is 8.65. The number of hydrogen-bond donors (Lipinski definition) is 3. The molecule has 0 aliphatic heterocycles. The summed E-state index contributed by atoms with van der Waals surface area (Å²) in [6.45, 7) is 1.42. The summed E-state index contributed by atoms with van der Waals surface area (Å²) in [4.78, 5) is 38.5. The maximum Gasteiger partial charge on any atom is 0.293 e. The lowest BCUT2D eigenvalue weighted by Gasteiger charge is -2.05. The number of benzene rings is 2. The molecular formula is C17H15N5O4S. The van der Waals surface area contributed by atoms with Gasteiger partial charge in [0.05, 0.1) is 15.1 Å². The minimum absolute atomic E-state index is 0.152. The SMILES string of the molecule is CNc1ccc(C(=O)Nc2nc3ccc(NC(C)=O)cc3s2)cc1[N+](=O)[O-]. The molecule has 10 heteroatoms. The fraction of sp³-hybridized carbons (Fsp3) is 0.118. The summed E-state index contributed by atoms with van der Waals surface area (Å²) in [5.41, 5.74) is 1.59. The Balaban J connectivity index is 1.84. The number of carbonyl (C=O) groups is 2. The normalized spacial score (nSPS) is 10.4. The lowest BCUT2D eigenvalue weighted by molar-refractivity contribution is -0.384. The number of fused-ring (bicyclic) bond motifs is 1. The zero-order valence-corrected chi connectivity index (χ0v) is 15.2. The third-order valence-corrected chi connectivity index (χ3v) is 4.59. The number of amides is 2. The van der Waals surface area contributed by atoms with Gasteiger partial charge in [-0.2, -0.15) is 0 Å². The van der Waals surface area contributed by atoms with Gasteiger partial charge in [0.15, 0.2) is 5.13 Å². The van der Waals surface area contributed by atoms with Gasteiger partial charge in [-0.15, -0.1) is 0 Å². The molecule has 2 amide bonds. The zero-order chi connectivity index (χ0) is 19.6. The Morgan fingerprint density at radius 3 is 2.59 bits per heavy atom. The minimum atomic E-state index is -0.552. The second kappa shape index (κ2) is 7.38. The standard InChI is InChI=1S/C17H15N5O4S/c1-9(23)19-11-4-6-13-15(8-11)27-17(20-13)21-16(24)10-3-5-12(18-2)14(7-10)22(25)26/h3-8,18H,1-2H3,(H,19,23)(H,20,21,24). The van der Waals surface area contributed by atoms with E-state index in [0.717, 1.165) is 4.70 Å². The molecule has 0 spiro atoms. The van der Waals surface area contributed by atoms with E-state index in [1.54, 1.807) is 25.2 Å². The van der Waals surface area contributed by atoms with E-state index in [-0.39, 0.29) is 17.2 Å². The van der Waals surface area contributed by atoms with Crippen molar-refractivity contribution in [2.24, 2.45) is 0 Å². The number of rotatable bonds is 5. The van der Waals surface area contributed by atoms with Gasteiger partial charge in [0, 0.05) is 31.3 Å². The average Bonchev–Trinajstić information content (AvgIpc) is 3.01. The van der Waals surface area contributed by atoms with E-state index >= 15 is 0 Å². The van der Waals surface area contributed by atoms with Crippen LogP contribution in [0.25, 0.3) is 10.2 Å². The summed E-state index contributed by atoms with van der Waals surface area (Å²) in [6, 6.07) is 9.40. The highest BCUT2D eigenvalue weighted by Gasteiger charge is 2.18. The Bertz CT molecular complexity index is 1060. The lowest BCUT2D eigenvalue weighted by Crippen LogP contribution is -2.12. The van der Waals surface area contributed by atoms with Crippen LogP contribution in [0.15, 0.2) is 36.4 Å². The largest absolute Gasteiger partial charge is 0.383 e. The van der Waals surface area contributed by atoms with Gasteiger partial charge in [-0.1, -0.05) is 11.3 Å². The molecule has 0 fully saturated rings. The van der Waals surface area contributed by atoms with Crippen LogP contribution in [0.1, 0.15) is 17.3 Å². The predicted octanol–water partition coefficient (Wildman–Crippen LogP) is 3.46. The summed E-state index contributed by atoms with van der Waals surface area (Å²) < 4.78 is 0.785. The minimum Gasteiger partial charge on any atom is -0.383 e. The molecule has 0 saturated heterocycles. The first-order valence-electron chi connectivity index (χ1n) is 7.83. The predicted molar refractivity (Wildman–Crippen MR) is 105 cm³/mol. The Kier molecular flexibility index (Phi) is 4.99. The second-order valence-electron chi connectivity index (χ2n) is 5.58. The second-order valence-corrected chi connectivity index (χ2v) is 6.61. The van der Waals surface area contributed by atoms with E-state index in [2.05, 4.69) is 20.9 Å². The van der Waals surface area contributed by atoms with E-state index in [1.807, 2.05) is 0 Å². The number of anilines is 3. The maximum atomic E-state index is 12.4. The number of nitro groups is 1. The Morgan fingerprint density at radius 2 is 1.93 bits per heavy atom. The van der Waals surface area contributed by atoms with Crippen LogP contribution in [0.2, 0.25) is 0 Å². The highest BCUT2D eigenvalue weighted by molar-refractivity contribution is 7.22. The van der Waals surface area contributed by atoms with Crippen LogP contribution >= 0.6 is 11.3 Å².